The average molecular weight is 300 g/mol. The van der Waals surface area contributed by atoms with E-state index in [9.17, 15) is 4.79 Å². The van der Waals surface area contributed by atoms with E-state index in [1.807, 2.05) is 31.2 Å². The Bertz CT molecular complexity index is 631. The van der Waals surface area contributed by atoms with Gasteiger partial charge in [-0.25, -0.2) is 9.97 Å². The number of carbonyl (C=O) groups excluding carboxylic acids is 1. The van der Waals surface area contributed by atoms with Crippen LogP contribution in [-0.2, 0) is 11.3 Å². The van der Waals surface area contributed by atoms with Crippen molar-refractivity contribution in [3.8, 4) is 0 Å². The number of nitrogens with zero attached hydrogens (tertiary/aromatic N) is 2. The Morgan fingerprint density at radius 1 is 1.27 bits per heavy atom. The van der Waals surface area contributed by atoms with Gasteiger partial charge in [0.15, 0.2) is 0 Å². The maximum atomic E-state index is 12.2. The Kier molecular flexibility index (Phi) is 5.85. The first-order valence-electron chi connectivity index (χ1n) is 7.08. The van der Waals surface area contributed by atoms with Crippen LogP contribution < -0.4 is 10.6 Å². The van der Waals surface area contributed by atoms with Crippen LogP contribution >= 0.6 is 0 Å². The van der Waals surface area contributed by atoms with Crippen LogP contribution in [0.15, 0.2) is 36.7 Å². The Labute approximate surface area is 129 Å². The highest BCUT2D eigenvalue weighted by Gasteiger charge is 2.09. The maximum Gasteiger partial charge on any atom is 0.270 e. The Morgan fingerprint density at radius 2 is 2.09 bits per heavy atom. The summed E-state index contributed by atoms with van der Waals surface area (Å²) >= 11 is 0. The standard InChI is InChI=1S/C16H20N4O2/c1-12-5-3-4-6-13(12)10-18-16(21)14-9-15(20-11-19-14)17-7-8-22-2/h3-6,9,11H,7-8,10H2,1-2H3,(H,18,21)(H,17,19,20). The topological polar surface area (TPSA) is 76.1 Å². The fraction of sp³-hybridized carbons (Fsp3) is 0.312. The molecule has 1 heterocycles. The summed E-state index contributed by atoms with van der Waals surface area (Å²) in [6, 6.07) is 9.57. The molecule has 0 aliphatic rings. The molecular formula is C16H20N4O2. The minimum Gasteiger partial charge on any atom is -0.383 e. The fourth-order valence-corrected chi connectivity index (χ4v) is 1.93. The number of methoxy groups -OCH3 is 1. The van der Waals surface area contributed by atoms with E-state index < -0.39 is 0 Å². The van der Waals surface area contributed by atoms with Crippen LogP contribution in [0.5, 0.6) is 0 Å². The summed E-state index contributed by atoms with van der Waals surface area (Å²) in [5, 5.41) is 5.94. The lowest BCUT2D eigenvalue weighted by atomic mass is 10.1. The number of ether oxygens (including phenoxy) is 1. The third-order valence-electron chi connectivity index (χ3n) is 3.21. The molecule has 0 saturated heterocycles. The molecule has 1 amide bonds. The van der Waals surface area contributed by atoms with Crippen molar-refractivity contribution in [1.82, 2.24) is 15.3 Å². The number of hydrogen-bond acceptors (Lipinski definition) is 5. The van der Waals surface area contributed by atoms with E-state index in [2.05, 4.69) is 20.6 Å². The predicted molar refractivity (Wildman–Crippen MR) is 84.7 cm³/mol. The number of aromatic nitrogens is 2. The highest BCUT2D eigenvalue weighted by molar-refractivity contribution is 5.92. The molecule has 0 spiro atoms. The van der Waals surface area contributed by atoms with Gasteiger partial charge in [0, 0.05) is 26.3 Å². The molecule has 116 valence electrons. The van der Waals surface area contributed by atoms with Crippen molar-refractivity contribution in [2.75, 3.05) is 25.6 Å². The molecule has 22 heavy (non-hydrogen) atoms. The van der Waals surface area contributed by atoms with Gasteiger partial charge in [0.05, 0.1) is 6.61 Å². The van der Waals surface area contributed by atoms with Crippen LogP contribution in [-0.4, -0.2) is 36.1 Å². The van der Waals surface area contributed by atoms with Gasteiger partial charge in [-0.15, -0.1) is 0 Å². The summed E-state index contributed by atoms with van der Waals surface area (Å²) in [6.07, 6.45) is 1.37. The third-order valence-corrected chi connectivity index (χ3v) is 3.21. The molecule has 0 aliphatic heterocycles. The predicted octanol–water partition coefficient (Wildman–Crippen LogP) is 1.77. The molecule has 6 nitrogen and oxygen atoms in total. The van der Waals surface area contributed by atoms with E-state index in [0.717, 1.165) is 11.1 Å². The van der Waals surface area contributed by atoms with Crippen molar-refractivity contribution in [2.45, 2.75) is 13.5 Å². The number of carbonyl (C=O) groups is 1. The monoisotopic (exact) mass is 300 g/mol. The minimum atomic E-state index is -0.222. The van der Waals surface area contributed by atoms with Crippen LogP contribution in [0, 0.1) is 6.92 Å². The Morgan fingerprint density at radius 3 is 2.86 bits per heavy atom. The molecule has 0 unspecified atom stereocenters. The van der Waals surface area contributed by atoms with Gasteiger partial charge in [-0.1, -0.05) is 24.3 Å². The van der Waals surface area contributed by atoms with Gasteiger partial charge >= 0.3 is 0 Å². The van der Waals surface area contributed by atoms with Crippen molar-refractivity contribution in [2.24, 2.45) is 0 Å². The molecule has 1 aromatic heterocycles. The van der Waals surface area contributed by atoms with E-state index in [1.54, 1.807) is 13.2 Å². The van der Waals surface area contributed by atoms with Gasteiger partial charge in [-0.3, -0.25) is 4.79 Å². The van der Waals surface area contributed by atoms with Gasteiger partial charge in [0.2, 0.25) is 0 Å². The molecule has 2 aromatic rings. The smallest absolute Gasteiger partial charge is 0.270 e. The normalized spacial score (nSPS) is 10.3. The zero-order chi connectivity index (χ0) is 15.8. The van der Waals surface area contributed by atoms with Gasteiger partial charge in [-0.2, -0.15) is 0 Å². The minimum absolute atomic E-state index is 0.222. The number of rotatable bonds is 7. The van der Waals surface area contributed by atoms with E-state index in [-0.39, 0.29) is 5.91 Å². The van der Waals surface area contributed by atoms with Crippen LogP contribution in [0.4, 0.5) is 5.82 Å². The highest BCUT2D eigenvalue weighted by Crippen LogP contribution is 2.07. The zero-order valence-corrected chi connectivity index (χ0v) is 12.8. The molecule has 0 bridgehead atoms. The molecule has 0 fully saturated rings. The number of aryl methyl sites for hydroxylation is 1. The van der Waals surface area contributed by atoms with Crippen molar-refractivity contribution >= 4 is 11.7 Å². The first kappa shape index (κ1) is 15.9. The first-order chi connectivity index (χ1) is 10.7. The first-order valence-corrected chi connectivity index (χ1v) is 7.08. The summed E-state index contributed by atoms with van der Waals surface area (Å²) in [6.45, 7) is 3.68. The number of hydrogen-bond donors (Lipinski definition) is 2. The SMILES string of the molecule is COCCNc1cc(C(=O)NCc2ccccc2C)ncn1. The molecule has 0 radical (unpaired) electrons. The van der Waals surface area contributed by atoms with Gasteiger partial charge in [0.1, 0.15) is 17.8 Å². The van der Waals surface area contributed by atoms with Crippen molar-refractivity contribution in [3.05, 3.63) is 53.5 Å². The second-order valence-corrected chi connectivity index (χ2v) is 4.82. The van der Waals surface area contributed by atoms with Crippen LogP contribution in [0.3, 0.4) is 0 Å². The Hall–Kier alpha value is -2.47. The molecule has 2 N–H and O–H groups in total. The van der Waals surface area contributed by atoms with Gasteiger partial charge in [0.25, 0.3) is 5.91 Å². The molecular weight excluding hydrogens is 280 g/mol. The van der Waals surface area contributed by atoms with Gasteiger partial charge in [-0.05, 0) is 18.1 Å². The summed E-state index contributed by atoms with van der Waals surface area (Å²) in [5.41, 5.74) is 2.57. The van der Waals surface area contributed by atoms with Crippen molar-refractivity contribution < 1.29 is 9.53 Å². The van der Waals surface area contributed by atoms with E-state index >= 15 is 0 Å². The number of nitrogens with one attached hydrogen (secondary N) is 2. The summed E-state index contributed by atoms with van der Waals surface area (Å²) < 4.78 is 4.95. The average Bonchev–Trinajstić information content (AvgIpc) is 2.54. The second-order valence-electron chi connectivity index (χ2n) is 4.82. The molecule has 1 aromatic carbocycles. The third kappa shape index (κ3) is 4.53. The summed E-state index contributed by atoms with van der Waals surface area (Å²) in [4.78, 5) is 20.2. The van der Waals surface area contributed by atoms with Crippen molar-refractivity contribution in [1.29, 1.82) is 0 Å². The summed E-state index contributed by atoms with van der Waals surface area (Å²) in [5.74, 6) is 0.383. The van der Waals surface area contributed by atoms with E-state index in [0.29, 0.717) is 31.2 Å². The Balaban J connectivity index is 1.95. The maximum absolute atomic E-state index is 12.2. The lowest BCUT2D eigenvalue weighted by Gasteiger charge is -2.08. The number of anilines is 1. The summed E-state index contributed by atoms with van der Waals surface area (Å²) in [7, 11) is 1.63. The number of benzene rings is 1. The molecule has 0 saturated carbocycles. The van der Waals surface area contributed by atoms with Crippen LogP contribution in [0.25, 0.3) is 0 Å². The quantitative estimate of drug-likeness (QED) is 0.762. The molecule has 0 atom stereocenters. The van der Waals surface area contributed by atoms with Crippen LogP contribution in [0.1, 0.15) is 21.6 Å². The molecule has 6 heteroatoms. The zero-order valence-electron chi connectivity index (χ0n) is 12.8. The van der Waals surface area contributed by atoms with Crippen molar-refractivity contribution in [3.63, 3.8) is 0 Å². The lowest BCUT2D eigenvalue weighted by Crippen LogP contribution is -2.24. The largest absolute Gasteiger partial charge is 0.383 e. The second kappa shape index (κ2) is 8.09. The van der Waals surface area contributed by atoms with E-state index in [1.165, 1.54) is 6.33 Å². The lowest BCUT2D eigenvalue weighted by molar-refractivity contribution is 0.0945. The fourth-order valence-electron chi connectivity index (χ4n) is 1.93. The number of amides is 1. The van der Waals surface area contributed by atoms with Crippen LogP contribution in [0.2, 0.25) is 0 Å². The molecule has 2 rings (SSSR count). The molecule has 0 aliphatic carbocycles. The van der Waals surface area contributed by atoms with Gasteiger partial charge < -0.3 is 15.4 Å². The highest BCUT2D eigenvalue weighted by atomic mass is 16.5. The van der Waals surface area contributed by atoms with E-state index in [4.69, 9.17) is 4.74 Å².